The zero-order valence-corrected chi connectivity index (χ0v) is 7.87. The van der Waals surface area contributed by atoms with Gasteiger partial charge in [-0.25, -0.2) is 4.98 Å². The molecule has 0 aliphatic carbocycles. The van der Waals surface area contributed by atoms with Crippen LogP contribution in [0, 0.1) is 0 Å². The van der Waals surface area contributed by atoms with Crippen LogP contribution in [0.4, 0.5) is 5.82 Å². The minimum atomic E-state index is -0.297. The van der Waals surface area contributed by atoms with Crippen molar-refractivity contribution in [2.75, 3.05) is 18.6 Å². The van der Waals surface area contributed by atoms with Gasteiger partial charge in [-0.15, -0.1) is 0 Å². The van der Waals surface area contributed by atoms with E-state index in [4.69, 9.17) is 5.73 Å². The van der Waals surface area contributed by atoms with E-state index in [-0.39, 0.29) is 11.7 Å². The summed E-state index contributed by atoms with van der Waals surface area (Å²) in [5.41, 5.74) is 5.39. The van der Waals surface area contributed by atoms with Gasteiger partial charge in [-0.1, -0.05) is 11.8 Å². The van der Waals surface area contributed by atoms with Gasteiger partial charge in [-0.05, 0) is 0 Å². The molecule has 0 radical (unpaired) electrons. The van der Waals surface area contributed by atoms with Crippen LogP contribution in [0.3, 0.4) is 0 Å². The first-order valence-electron chi connectivity index (χ1n) is 3.49. The van der Waals surface area contributed by atoms with Crippen LogP contribution in [-0.4, -0.2) is 28.8 Å². The fourth-order valence-corrected chi connectivity index (χ4v) is 1.31. The summed E-state index contributed by atoms with van der Waals surface area (Å²) in [5, 5.41) is 0.616. The normalized spacial score (nSPS) is 9.62. The van der Waals surface area contributed by atoms with Crippen LogP contribution in [0.2, 0.25) is 0 Å². The number of hydrogen-bond donors (Lipinski definition) is 1. The second-order valence-electron chi connectivity index (χ2n) is 2.15. The molecule has 0 bridgehead atoms. The molecule has 0 aromatic carbocycles. The van der Waals surface area contributed by atoms with Crippen molar-refractivity contribution >= 4 is 23.5 Å². The van der Waals surface area contributed by atoms with Crippen molar-refractivity contribution in [1.82, 2.24) is 9.97 Å². The molecular weight excluding hydrogens is 190 g/mol. The maximum atomic E-state index is 10.7. The van der Waals surface area contributed by atoms with Crippen LogP contribution in [0.1, 0.15) is 0 Å². The number of esters is 1. The Hall–Kier alpha value is -1.30. The minimum Gasteiger partial charge on any atom is -0.468 e. The maximum absolute atomic E-state index is 10.7. The largest absolute Gasteiger partial charge is 0.468 e. The molecule has 70 valence electrons. The zero-order chi connectivity index (χ0) is 9.68. The van der Waals surface area contributed by atoms with Gasteiger partial charge in [-0.2, -0.15) is 0 Å². The number of nitrogens with two attached hydrogens (primary N) is 1. The second-order valence-corrected chi connectivity index (χ2v) is 3.14. The summed E-state index contributed by atoms with van der Waals surface area (Å²) in [6.07, 6.45) is 2.99. The summed E-state index contributed by atoms with van der Waals surface area (Å²) in [7, 11) is 1.34. The number of aromatic nitrogens is 2. The fourth-order valence-electron chi connectivity index (χ4n) is 0.624. The lowest BCUT2D eigenvalue weighted by Gasteiger charge is -1.99. The number of carbonyl (C=O) groups is 1. The maximum Gasteiger partial charge on any atom is 0.316 e. The van der Waals surface area contributed by atoms with Gasteiger partial charge in [0.1, 0.15) is 10.8 Å². The van der Waals surface area contributed by atoms with E-state index in [1.54, 1.807) is 6.20 Å². The Bertz CT molecular complexity index is 306. The molecule has 0 atom stereocenters. The van der Waals surface area contributed by atoms with Crippen molar-refractivity contribution in [3.8, 4) is 0 Å². The summed E-state index contributed by atoms with van der Waals surface area (Å²) in [6, 6.07) is 0. The van der Waals surface area contributed by atoms with Crippen LogP contribution in [0.25, 0.3) is 0 Å². The quantitative estimate of drug-likeness (QED) is 0.558. The van der Waals surface area contributed by atoms with Crippen LogP contribution in [0.15, 0.2) is 17.4 Å². The summed E-state index contributed by atoms with van der Waals surface area (Å²) in [6.45, 7) is 0. The van der Waals surface area contributed by atoms with E-state index in [1.807, 2.05) is 0 Å². The van der Waals surface area contributed by atoms with Gasteiger partial charge in [0.2, 0.25) is 0 Å². The topological polar surface area (TPSA) is 78.1 Å². The third-order valence-corrected chi connectivity index (χ3v) is 2.07. The lowest BCUT2D eigenvalue weighted by molar-refractivity contribution is -0.137. The third-order valence-electron chi connectivity index (χ3n) is 1.20. The van der Waals surface area contributed by atoms with Gasteiger partial charge in [0.15, 0.2) is 0 Å². The number of carbonyl (C=O) groups excluding carboxylic acids is 1. The molecule has 6 heteroatoms. The Morgan fingerprint density at radius 1 is 1.69 bits per heavy atom. The van der Waals surface area contributed by atoms with Gasteiger partial charge in [0, 0.05) is 0 Å². The molecule has 5 nitrogen and oxygen atoms in total. The molecule has 0 unspecified atom stereocenters. The van der Waals surface area contributed by atoms with Crippen molar-refractivity contribution in [2.45, 2.75) is 5.03 Å². The predicted molar refractivity (Wildman–Crippen MR) is 49.2 cm³/mol. The molecule has 0 amide bonds. The third kappa shape index (κ3) is 3.29. The number of nitrogens with zero attached hydrogens (tertiary/aromatic N) is 2. The Labute approximate surface area is 79.7 Å². The number of methoxy groups -OCH3 is 1. The highest BCUT2D eigenvalue weighted by atomic mass is 32.2. The number of nitrogen functional groups attached to an aromatic ring is 1. The number of thioether (sulfide) groups is 1. The Morgan fingerprint density at radius 3 is 3.08 bits per heavy atom. The standard InChI is InChI=1S/C7H9N3O2S/c1-12-7(11)4-13-6-3-9-2-5(8)10-6/h2-3H,4H2,1H3,(H2,8,10). The van der Waals surface area contributed by atoms with Crippen molar-refractivity contribution in [3.05, 3.63) is 12.4 Å². The summed E-state index contributed by atoms with van der Waals surface area (Å²) in [4.78, 5) is 18.5. The lowest BCUT2D eigenvalue weighted by Crippen LogP contribution is -2.03. The van der Waals surface area contributed by atoms with E-state index >= 15 is 0 Å². The van der Waals surface area contributed by atoms with Crippen LogP contribution >= 0.6 is 11.8 Å². The fraction of sp³-hybridized carbons (Fsp3) is 0.286. The summed E-state index contributed by atoms with van der Waals surface area (Å²) < 4.78 is 4.46. The summed E-state index contributed by atoms with van der Waals surface area (Å²) >= 11 is 1.24. The van der Waals surface area contributed by atoms with Crippen LogP contribution in [0.5, 0.6) is 0 Å². The number of hydrogen-bond acceptors (Lipinski definition) is 6. The van der Waals surface area contributed by atoms with E-state index in [9.17, 15) is 4.79 Å². The first-order chi connectivity index (χ1) is 6.22. The van der Waals surface area contributed by atoms with E-state index in [0.717, 1.165) is 0 Å². The molecule has 13 heavy (non-hydrogen) atoms. The van der Waals surface area contributed by atoms with Gasteiger partial charge < -0.3 is 10.5 Å². The van der Waals surface area contributed by atoms with E-state index in [0.29, 0.717) is 10.8 Å². The highest BCUT2D eigenvalue weighted by Crippen LogP contribution is 2.14. The lowest BCUT2D eigenvalue weighted by atomic mass is 10.7. The molecule has 0 fully saturated rings. The SMILES string of the molecule is COC(=O)CSc1cncc(N)n1. The molecule has 1 aromatic heterocycles. The molecule has 2 N–H and O–H groups in total. The first-order valence-corrected chi connectivity index (χ1v) is 4.48. The average Bonchev–Trinajstić information content (AvgIpc) is 2.14. The first kappa shape index (κ1) is 9.79. The van der Waals surface area contributed by atoms with Crippen molar-refractivity contribution in [1.29, 1.82) is 0 Å². The molecule has 1 rings (SSSR count). The molecule has 0 saturated carbocycles. The predicted octanol–water partition coefficient (Wildman–Crippen LogP) is 0.324. The van der Waals surface area contributed by atoms with Crippen molar-refractivity contribution in [2.24, 2.45) is 0 Å². The van der Waals surface area contributed by atoms with Gasteiger partial charge in [-0.3, -0.25) is 9.78 Å². The highest BCUT2D eigenvalue weighted by Gasteiger charge is 2.03. The Morgan fingerprint density at radius 2 is 2.46 bits per heavy atom. The van der Waals surface area contributed by atoms with Crippen LogP contribution < -0.4 is 5.73 Å². The number of ether oxygens (including phenoxy) is 1. The molecule has 1 heterocycles. The van der Waals surface area contributed by atoms with Gasteiger partial charge in [0.25, 0.3) is 0 Å². The van der Waals surface area contributed by atoms with Crippen LogP contribution in [-0.2, 0) is 9.53 Å². The average molecular weight is 199 g/mol. The van der Waals surface area contributed by atoms with E-state index < -0.39 is 0 Å². The number of rotatable bonds is 3. The number of anilines is 1. The molecule has 1 aromatic rings. The van der Waals surface area contributed by atoms with E-state index in [2.05, 4.69) is 14.7 Å². The Kier molecular flexibility index (Phi) is 3.51. The van der Waals surface area contributed by atoms with E-state index in [1.165, 1.54) is 25.1 Å². The molecule has 0 spiro atoms. The minimum absolute atomic E-state index is 0.217. The smallest absolute Gasteiger partial charge is 0.316 e. The zero-order valence-electron chi connectivity index (χ0n) is 7.06. The van der Waals surface area contributed by atoms with Gasteiger partial charge in [0.05, 0.1) is 25.3 Å². The molecule has 0 saturated heterocycles. The second kappa shape index (κ2) is 4.66. The van der Waals surface area contributed by atoms with Crippen molar-refractivity contribution in [3.63, 3.8) is 0 Å². The summed E-state index contributed by atoms with van der Waals surface area (Å²) in [5.74, 6) is 0.262. The molecule has 0 aliphatic rings. The highest BCUT2D eigenvalue weighted by molar-refractivity contribution is 7.99. The molecule has 0 aliphatic heterocycles. The van der Waals surface area contributed by atoms with Gasteiger partial charge >= 0.3 is 5.97 Å². The molecular formula is C7H9N3O2S. The van der Waals surface area contributed by atoms with Crippen molar-refractivity contribution < 1.29 is 9.53 Å². The monoisotopic (exact) mass is 199 g/mol. The Balaban J connectivity index is 2.50.